The number of carboxylic acids is 1. The SMILES string of the molecule is O=C(O)C=C(c1ccccc1)c1cccc2cn[nH]c12. The Labute approximate surface area is 115 Å². The third kappa shape index (κ3) is 2.19. The van der Waals surface area contributed by atoms with E-state index in [4.69, 9.17) is 5.11 Å². The number of rotatable bonds is 3. The van der Waals surface area contributed by atoms with Gasteiger partial charge in [-0.3, -0.25) is 5.10 Å². The Kier molecular flexibility index (Phi) is 3.05. The van der Waals surface area contributed by atoms with Gasteiger partial charge in [-0.05, 0) is 11.1 Å². The molecule has 0 aliphatic rings. The number of aromatic nitrogens is 2. The summed E-state index contributed by atoms with van der Waals surface area (Å²) >= 11 is 0. The van der Waals surface area contributed by atoms with E-state index in [2.05, 4.69) is 10.2 Å². The van der Waals surface area contributed by atoms with E-state index in [9.17, 15) is 4.79 Å². The normalized spacial score (nSPS) is 11.7. The smallest absolute Gasteiger partial charge is 0.328 e. The molecule has 98 valence electrons. The largest absolute Gasteiger partial charge is 0.478 e. The van der Waals surface area contributed by atoms with E-state index in [1.165, 1.54) is 6.08 Å². The minimum Gasteiger partial charge on any atom is -0.478 e. The molecule has 0 aliphatic carbocycles. The second-order valence-electron chi connectivity index (χ2n) is 4.40. The van der Waals surface area contributed by atoms with E-state index in [0.717, 1.165) is 22.0 Å². The van der Waals surface area contributed by atoms with E-state index >= 15 is 0 Å². The molecule has 0 saturated heterocycles. The van der Waals surface area contributed by atoms with E-state index in [1.54, 1.807) is 6.20 Å². The van der Waals surface area contributed by atoms with Crippen molar-refractivity contribution in [1.82, 2.24) is 10.2 Å². The Morgan fingerprint density at radius 1 is 1.10 bits per heavy atom. The van der Waals surface area contributed by atoms with Crippen LogP contribution in [0.3, 0.4) is 0 Å². The number of benzene rings is 2. The number of fused-ring (bicyclic) bond motifs is 1. The second kappa shape index (κ2) is 5.01. The topological polar surface area (TPSA) is 66.0 Å². The number of carboxylic acid groups (broad SMARTS) is 1. The highest BCUT2D eigenvalue weighted by Gasteiger charge is 2.11. The van der Waals surface area contributed by atoms with Gasteiger partial charge in [-0.15, -0.1) is 0 Å². The third-order valence-electron chi connectivity index (χ3n) is 3.12. The highest BCUT2D eigenvalue weighted by molar-refractivity contribution is 6.01. The van der Waals surface area contributed by atoms with Crippen LogP contribution in [0.5, 0.6) is 0 Å². The van der Waals surface area contributed by atoms with Crippen molar-refractivity contribution in [3.63, 3.8) is 0 Å². The summed E-state index contributed by atoms with van der Waals surface area (Å²) in [5, 5.41) is 17.0. The third-order valence-corrected chi connectivity index (χ3v) is 3.12. The van der Waals surface area contributed by atoms with Gasteiger partial charge in [0.2, 0.25) is 0 Å². The maximum Gasteiger partial charge on any atom is 0.328 e. The summed E-state index contributed by atoms with van der Waals surface area (Å²) in [5.41, 5.74) is 3.18. The van der Waals surface area contributed by atoms with E-state index in [0.29, 0.717) is 5.57 Å². The molecule has 0 saturated carbocycles. The van der Waals surface area contributed by atoms with Crippen LogP contribution in [-0.2, 0) is 4.79 Å². The zero-order chi connectivity index (χ0) is 13.9. The van der Waals surface area contributed by atoms with Crippen molar-refractivity contribution in [1.29, 1.82) is 0 Å². The lowest BCUT2D eigenvalue weighted by atomic mass is 9.96. The van der Waals surface area contributed by atoms with Gasteiger partial charge >= 0.3 is 5.97 Å². The summed E-state index contributed by atoms with van der Waals surface area (Å²) < 4.78 is 0. The molecule has 0 fully saturated rings. The Hall–Kier alpha value is -2.88. The molecule has 0 aliphatic heterocycles. The van der Waals surface area contributed by atoms with E-state index in [-0.39, 0.29) is 0 Å². The predicted octanol–water partition coefficient (Wildman–Crippen LogP) is 3.08. The highest BCUT2D eigenvalue weighted by Crippen LogP contribution is 2.28. The van der Waals surface area contributed by atoms with Crippen LogP contribution in [0, 0.1) is 0 Å². The van der Waals surface area contributed by atoms with Crippen LogP contribution in [0.25, 0.3) is 16.5 Å². The molecule has 0 atom stereocenters. The molecule has 1 aromatic heterocycles. The Morgan fingerprint density at radius 2 is 1.90 bits per heavy atom. The number of hydrogen-bond donors (Lipinski definition) is 2. The van der Waals surface area contributed by atoms with Gasteiger partial charge in [0.15, 0.2) is 0 Å². The van der Waals surface area contributed by atoms with Gasteiger partial charge in [-0.1, -0.05) is 48.5 Å². The summed E-state index contributed by atoms with van der Waals surface area (Å²) in [4.78, 5) is 11.1. The van der Waals surface area contributed by atoms with Gasteiger partial charge in [0.25, 0.3) is 0 Å². The first-order valence-electron chi connectivity index (χ1n) is 6.18. The predicted molar refractivity (Wildman–Crippen MR) is 77.3 cm³/mol. The van der Waals surface area contributed by atoms with Gasteiger partial charge < -0.3 is 5.11 Å². The maximum absolute atomic E-state index is 11.1. The molecular formula is C16H12N2O2. The van der Waals surface area contributed by atoms with Crippen molar-refractivity contribution in [3.05, 3.63) is 71.9 Å². The molecule has 0 amide bonds. The lowest BCUT2D eigenvalue weighted by Gasteiger charge is -2.08. The summed E-state index contributed by atoms with van der Waals surface area (Å²) in [5.74, 6) is -0.972. The average molecular weight is 264 g/mol. The van der Waals surface area contributed by atoms with Crippen LogP contribution >= 0.6 is 0 Å². The number of aromatic amines is 1. The van der Waals surface area contributed by atoms with Crippen molar-refractivity contribution < 1.29 is 9.90 Å². The molecule has 2 aromatic carbocycles. The Balaban J connectivity index is 2.25. The number of H-pyrrole nitrogens is 1. The summed E-state index contributed by atoms with van der Waals surface area (Å²) in [6, 6.07) is 15.2. The Morgan fingerprint density at radius 3 is 2.65 bits per heavy atom. The van der Waals surface area contributed by atoms with Crippen LogP contribution < -0.4 is 0 Å². The fraction of sp³-hybridized carbons (Fsp3) is 0. The molecule has 0 radical (unpaired) electrons. The van der Waals surface area contributed by atoms with Crippen LogP contribution in [0.4, 0.5) is 0 Å². The summed E-state index contributed by atoms with van der Waals surface area (Å²) in [6.45, 7) is 0. The first-order valence-corrected chi connectivity index (χ1v) is 6.18. The van der Waals surface area contributed by atoms with Gasteiger partial charge in [-0.25, -0.2) is 4.79 Å². The average Bonchev–Trinajstić information content (AvgIpc) is 2.94. The van der Waals surface area contributed by atoms with Crippen molar-refractivity contribution in [2.45, 2.75) is 0 Å². The lowest BCUT2D eigenvalue weighted by Crippen LogP contribution is -1.95. The number of aliphatic carboxylic acids is 1. The van der Waals surface area contributed by atoms with Crippen molar-refractivity contribution in [3.8, 4) is 0 Å². The molecule has 3 aromatic rings. The summed E-state index contributed by atoms with van der Waals surface area (Å²) in [7, 11) is 0. The summed E-state index contributed by atoms with van der Waals surface area (Å²) in [6.07, 6.45) is 2.95. The molecule has 0 bridgehead atoms. The fourth-order valence-corrected chi connectivity index (χ4v) is 2.25. The van der Waals surface area contributed by atoms with Crippen molar-refractivity contribution in [2.24, 2.45) is 0 Å². The minimum atomic E-state index is -0.972. The Bertz CT molecular complexity index is 788. The lowest BCUT2D eigenvalue weighted by molar-refractivity contribution is -0.131. The van der Waals surface area contributed by atoms with Crippen LogP contribution in [0.1, 0.15) is 11.1 Å². The van der Waals surface area contributed by atoms with Gasteiger partial charge in [0, 0.05) is 17.0 Å². The van der Waals surface area contributed by atoms with Gasteiger partial charge in [0.05, 0.1) is 11.7 Å². The number of hydrogen-bond acceptors (Lipinski definition) is 2. The first kappa shape index (κ1) is 12.2. The van der Waals surface area contributed by atoms with Crippen molar-refractivity contribution >= 4 is 22.4 Å². The number of nitrogens with one attached hydrogen (secondary N) is 1. The molecular weight excluding hydrogens is 252 g/mol. The van der Waals surface area contributed by atoms with Gasteiger partial charge in [0.1, 0.15) is 0 Å². The molecule has 4 nitrogen and oxygen atoms in total. The number of carbonyl (C=O) groups is 1. The second-order valence-corrected chi connectivity index (χ2v) is 4.40. The zero-order valence-electron chi connectivity index (χ0n) is 10.6. The van der Waals surface area contributed by atoms with E-state index < -0.39 is 5.97 Å². The quantitative estimate of drug-likeness (QED) is 0.714. The highest BCUT2D eigenvalue weighted by atomic mass is 16.4. The zero-order valence-corrected chi connectivity index (χ0v) is 10.6. The first-order chi connectivity index (χ1) is 9.75. The van der Waals surface area contributed by atoms with Crippen LogP contribution in [-0.4, -0.2) is 21.3 Å². The van der Waals surface area contributed by atoms with Crippen molar-refractivity contribution in [2.75, 3.05) is 0 Å². The monoisotopic (exact) mass is 264 g/mol. The molecule has 3 rings (SSSR count). The van der Waals surface area contributed by atoms with E-state index in [1.807, 2.05) is 48.5 Å². The molecule has 1 heterocycles. The standard InChI is InChI=1S/C16H12N2O2/c19-15(20)9-14(11-5-2-1-3-6-11)13-8-4-7-12-10-17-18-16(12)13/h1-10H,(H,17,18)(H,19,20). The molecule has 2 N–H and O–H groups in total. The van der Waals surface area contributed by atoms with Crippen LogP contribution in [0.2, 0.25) is 0 Å². The maximum atomic E-state index is 11.1. The number of nitrogens with zero attached hydrogens (tertiary/aromatic N) is 1. The minimum absolute atomic E-state index is 0.660. The molecule has 0 unspecified atom stereocenters. The molecule has 20 heavy (non-hydrogen) atoms. The molecule has 4 heteroatoms. The molecule has 0 spiro atoms. The number of para-hydroxylation sites is 1. The van der Waals surface area contributed by atoms with Gasteiger partial charge in [-0.2, -0.15) is 5.10 Å². The fourth-order valence-electron chi connectivity index (χ4n) is 2.25. The van der Waals surface area contributed by atoms with Crippen LogP contribution in [0.15, 0.2) is 60.8 Å².